The number of rotatable bonds is 0. The molecule has 2 aliphatic carbocycles. The van der Waals surface area contributed by atoms with Crippen LogP contribution in [0, 0.1) is 11.8 Å². The van der Waals surface area contributed by atoms with Gasteiger partial charge in [0.25, 0.3) is 5.91 Å². The van der Waals surface area contributed by atoms with E-state index >= 15 is 0 Å². The predicted octanol–water partition coefficient (Wildman–Crippen LogP) is 4.22. The summed E-state index contributed by atoms with van der Waals surface area (Å²) >= 11 is 6.35. The van der Waals surface area contributed by atoms with Crippen molar-refractivity contribution >= 4 is 33.2 Å². The minimum absolute atomic E-state index is 0.108. The number of aryl methyl sites for hydroxylation is 1. The number of allylic oxidation sites excluding steroid dienone is 1. The zero-order valence-corrected chi connectivity index (χ0v) is 22.8. The van der Waals surface area contributed by atoms with Crippen molar-refractivity contribution in [3.8, 4) is 5.75 Å². The molecule has 0 unspecified atom stereocenters. The second-order valence-corrected chi connectivity index (χ2v) is 13.5. The van der Waals surface area contributed by atoms with Crippen molar-refractivity contribution in [3.05, 3.63) is 70.3 Å². The number of carbonyl (C=O) groups excluding carboxylic acids is 1. The molecule has 1 saturated carbocycles. The molecule has 202 valence electrons. The maximum Gasteiger partial charge on any atom is 0.264 e. The Labute approximate surface area is 228 Å². The van der Waals surface area contributed by atoms with Crippen molar-refractivity contribution in [2.24, 2.45) is 11.8 Å². The Morgan fingerprint density at radius 1 is 1.16 bits per heavy atom. The molecular formula is C29H33ClN2O5S. The molecular weight excluding hydrogens is 524 g/mol. The van der Waals surface area contributed by atoms with Gasteiger partial charge in [-0.25, -0.2) is 13.1 Å². The first kappa shape index (κ1) is 25.7. The van der Waals surface area contributed by atoms with E-state index in [9.17, 15) is 18.3 Å². The lowest BCUT2D eigenvalue weighted by Gasteiger charge is -2.45. The highest BCUT2D eigenvalue weighted by Gasteiger charge is 2.44. The number of aliphatic hydroxyl groups is 1. The predicted molar refractivity (Wildman–Crippen MR) is 147 cm³/mol. The molecule has 0 saturated heterocycles. The van der Waals surface area contributed by atoms with E-state index in [0.29, 0.717) is 18.9 Å². The molecule has 2 aromatic rings. The number of halogens is 1. The van der Waals surface area contributed by atoms with E-state index < -0.39 is 22.0 Å². The molecule has 4 atom stereocenters. The highest BCUT2D eigenvalue weighted by molar-refractivity contribution is 7.90. The summed E-state index contributed by atoms with van der Waals surface area (Å²) < 4.78 is 33.8. The molecule has 9 heteroatoms. The summed E-state index contributed by atoms with van der Waals surface area (Å²) in [6, 6.07) is 11.3. The Morgan fingerprint density at radius 2 is 2.03 bits per heavy atom. The van der Waals surface area contributed by atoms with Gasteiger partial charge in [-0.3, -0.25) is 4.79 Å². The van der Waals surface area contributed by atoms with Crippen LogP contribution < -0.4 is 14.4 Å². The first-order valence-corrected chi connectivity index (χ1v) is 15.5. The third-order valence-corrected chi connectivity index (χ3v) is 10.3. The van der Waals surface area contributed by atoms with Crippen LogP contribution in [0.15, 0.2) is 48.6 Å². The Bertz CT molecular complexity index is 1390. The van der Waals surface area contributed by atoms with Crippen molar-refractivity contribution in [3.63, 3.8) is 0 Å². The number of hydrogen-bond acceptors (Lipinski definition) is 6. The summed E-state index contributed by atoms with van der Waals surface area (Å²) in [4.78, 5) is 15.3. The minimum atomic E-state index is -3.82. The van der Waals surface area contributed by atoms with Gasteiger partial charge in [0, 0.05) is 29.1 Å². The third kappa shape index (κ3) is 4.82. The van der Waals surface area contributed by atoms with Gasteiger partial charge in [-0.15, -0.1) is 0 Å². The maximum absolute atomic E-state index is 13.0. The zero-order valence-electron chi connectivity index (χ0n) is 21.2. The molecule has 4 aliphatic rings. The minimum Gasteiger partial charge on any atom is -0.490 e. The fourth-order valence-corrected chi connectivity index (χ4v) is 7.81. The van der Waals surface area contributed by atoms with Gasteiger partial charge in [0.15, 0.2) is 0 Å². The van der Waals surface area contributed by atoms with Crippen molar-refractivity contribution in [2.45, 2.75) is 50.0 Å². The molecule has 1 amide bonds. The number of sulfonamides is 1. The first-order valence-electron chi connectivity index (χ1n) is 13.4. The maximum atomic E-state index is 13.0. The zero-order chi connectivity index (χ0) is 26.5. The summed E-state index contributed by atoms with van der Waals surface area (Å²) in [5.74, 6) is 0.198. The highest BCUT2D eigenvalue weighted by Crippen LogP contribution is 2.46. The van der Waals surface area contributed by atoms with Crippen LogP contribution in [0.1, 0.15) is 53.6 Å². The second-order valence-electron chi connectivity index (χ2n) is 11.2. The Balaban J connectivity index is 1.43. The average molecular weight is 557 g/mol. The normalized spacial score (nSPS) is 31.3. The van der Waals surface area contributed by atoms with Gasteiger partial charge in [-0.2, -0.15) is 0 Å². The monoisotopic (exact) mass is 556 g/mol. The molecule has 2 aromatic carbocycles. The van der Waals surface area contributed by atoms with Gasteiger partial charge in [0.1, 0.15) is 5.75 Å². The summed E-state index contributed by atoms with van der Waals surface area (Å²) in [6.45, 7) is 1.93. The number of ether oxygens (including phenoxy) is 1. The number of nitrogens with zero attached hydrogens (tertiary/aromatic N) is 1. The molecule has 2 bridgehead atoms. The van der Waals surface area contributed by atoms with Gasteiger partial charge in [-0.05, 0) is 91.8 Å². The number of amides is 1. The number of benzene rings is 2. The highest BCUT2D eigenvalue weighted by atomic mass is 35.5. The van der Waals surface area contributed by atoms with Crippen molar-refractivity contribution in [1.82, 2.24) is 4.72 Å². The van der Waals surface area contributed by atoms with Crippen molar-refractivity contribution in [1.29, 1.82) is 0 Å². The van der Waals surface area contributed by atoms with Crippen LogP contribution in [0.5, 0.6) is 5.75 Å². The van der Waals surface area contributed by atoms with Gasteiger partial charge in [0.2, 0.25) is 10.0 Å². The lowest BCUT2D eigenvalue weighted by atomic mass is 9.68. The lowest BCUT2D eigenvalue weighted by Crippen LogP contribution is -2.49. The molecule has 2 heterocycles. The van der Waals surface area contributed by atoms with Crippen LogP contribution in [0.3, 0.4) is 0 Å². The van der Waals surface area contributed by atoms with Crippen LogP contribution in [-0.4, -0.2) is 51.0 Å². The number of nitrogens with one attached hydrogen (secondary N) is 1. The fraction of sp³-hybridized carbons (Fsp3) is 0.483. The summed E-state index contributed by atoms with van der Waals surface area (Å²) in [5, 5.41) is 11.6. The van der Waals surface area contributed by atoms with E-state index in [4.69, 9.17) is 16.3 Å². The van der Waals surface area contributed by atoms with E-state index in [1.165, 1.54) is 11.1 Å². The van der Waals surface area contributed by atoms with Crippen LogP contribution in [0.25, 0.3) is 0 Å². The number of hydrogen-bond donors (Lipinski definition) is 2. The largest absolute Gasteiger partial charge is 0.490 e. The molecule has 1 fully saturated rings. The molecule has 0 aromatic heterocycles. The average Bonchev–Trinajstić information content (AvgIpc) is 3.01. The van der Waals surface area contributed by atoms with Crippen molar-refractivity contribution < 1.29 is 23.1 Å². The first-order chi connectivity index (χ1) is 18.2. The quantitative estimate of drug-likeness (QED) is 0.472. The van der Waals surface area contributed by atoms with E-state index in [2.05, 4.69) is 21.8 Å². The Kier molecular flexibility index (Phi) is 6.69. The number of fused-ring (bicyclic) bond motifs is 4. The molecule has 1 spiro atoms. The van der Waals surface area contributed by atoms with Crippen molar-refractivity contribution in [2.75, 3.05) is 30.3 Å². The topological polar surface area (TPSA) is 95.9 Å². The number of aliphatic hydroxyl groups excluding tert-OH is 1. The van der Waals surface area contributed by atoms with Gasteiger partial charge in [-0.1, -0.05) is 29.8 Å². The van der Waals surface area contributed by atoms with Crippen LogP contribution in [-0.2, 0) is 21.9 Å². The van der Waals surface area contributed by atoms with Crippen LogP contribution in [0.4, 0.5) is 5.69 Å². The second kappa shape index (κ2) is 9.88. The van der Waals surface area contributed by atoms with E-state index in [-0.39, 0.29) is 35.0 Å². The summed E-state index contributed by atoms with van der Waals surface area (Å²) in [6.07, 6.45) is 7.94. The Hall–Kier alpha value is -2.55. The van der Waals surface area contributed by atoms with E-state index in [0.717, 1.165) is 49.4 Å². The SMILES string of the molecule is O=C1NS(=O)(=O)CC/C=C\[C@@H](O)[C@@H]2CC[C@H]2CN2C[C@@]3(CCCc4cc(Cl)ccc43)COc3ccc1cc32. The lowest BCUT2D eigenvalue weighted by molar-refractivity contribution is 0.0456. The van der Waals surface area contributed by atoms with Crippen LogP contribution >= 0.6 is 11.6 Å². The van der Waals surface area contributed by atoms with Gasteiger partial charge < -0.3 is 14.7 Å². The molecule has 0 radical (unpaired) electrons. The standard InChI is InChI=1S/C29H33ClN2O5S/c30-22-8-10-24-19(14-22)4-3-12-29(24)17-32-16-21-6-9-23(21)26(33)5-1-2-13-38(35,36)31-28(34)20-7-11-27(37-18-29)25(32)15-20/h1,5,7-8,10-11,14-15,21,23,26,33H,2-4,6,9,12-13,16-18H2,(H,31,34)/b5-1-/t21-,23+,26+,29-/m0/s1. The third-order valence-electron chi connectivity index (χ3n) is 8.80. The van der Waals surface area contributed by atoms with Gasteiger partial charge in [0.05, 0.1) is 24.2 Å². The van der Waals surface area contributed by atoms with Crippen LogP contribution in [0.2, 0.25) is 5.02 Å². The molecule has 7 nitrogen and oxygen atoms in total. The molecule has 6 rings (SSSR count). The smallest absolute Gasteiger partial charge is 0.264 e. The molecule has 2 aliphatic heterocycles. The van der Waals surface area contributed by atoms with Gasteiger partial charge >= 0.3 is 0 Å². The fourth-order valence-electron chi connectivity index (χ4n) is 6.66. The molecule has 38 heavy (non-hydrogen) atoms. The summed E-state index contributed by atoms with van der Waals surface area (Å²) in [7, 11) is -3.82. The van der Waals surface area contributed by atoms with E-state index in [1.807, 2.05) is 6.07 Å². The summed E-state index contributed by atoms with van der Waals surface area (Å²) in [5.41, 5.74) is 3.34. The number of carbonyl (C=O) groups is 1. The Morgan fingerprint density at radius 3 is 2.84 bits per heavy atom. The molecule has 2 N–H and O–H groups in total. The van der Waals surface area contributed by atoms with E-state index in [1.54, 1.807) is 30.4 Å². The number of anilines is 1.